The smallest absolute Gasteiger partial charge is 0.420 e. The molecule has 7 heteroatoms. The Kier molecular flexibility index (Phi) is 3.13. The number of carboxylic acids is 1. The predicted molar refractivity (Wildman–Crippen MR) is 46.2 cm³/mol. The molecule has 0 aromatic heterocycles. The zero-order chi connectivity index (χ0) is 11.6. The van der Waals surface area contributed by atoms with Crippen LogP contribution in [0.4, 0.5) is 9.59 Å². The molecular formula is C8H11NO6. The standard InChI is InChI=1S/C8H11NO6/c1-3-14-7(12)9-5(6(10)11)4(2)15-8(9)13/h4-5H,3H2,1-2H3,(H,10,11)/t4-,5-/m0/s1. The molecule has 0 aromatic carbocycles. The molecule has 1 saturated heterocycles. The molecule has 15 heavy (non-hydrogen) atoms. The molecular weight excluding hydrogens is 206 g/mol. The van der Waals surface area contributed by atoms with Crippen LogP contribution in [-0.2, 0) is 14.3 Å². The number of rotatable bonds is 2. The van der Waals surface area contributed by atoms with E-state index in [0.29, 0.717) is 4.90 Å². The van der Waals surface area contributed by atoms with Gasteiger partial charge in [0.2, 0.25) is 0 Å². The summed E-state index contributed by atoms with van der Waals surface area (Å²) < 4.78 is 9.17. The largest absolute Gasteiger partial charge is 0.480 e. The van der Waals surface area contributed by atoms with Crippen LogP contribution in [0.1, 0.15) is 13.8 Å². The van der Waals surface area contributed by atoms with Crippen molar-refractivity contribution in [3.05, 3.63) is 0 Å². The van der Waals surface area contributed by atoms with Gasteiger partial charge in [-0.1, -0.05) is 0 Å². The van der Waals surface area contributed by atoms with Gasteiger partial charge in [0.25, 0.3) is 0 Å². The molecule has 2 amide bonds. The number of aliphatic carboxylic acids is 1. The minimum absolute atomic E-state index is 0.0589. The van der Waals surface area contributed by atoms with E-state index in [1.165, 1.54) is 6.92 Å². The number of cyclic esters (lactones) is 1. The van der Waals surface area contributed by atoms with Crippen LogP contribution in [0.25, 0.3) is 0 Å². The summed E-state index contributed by atoms with van der Waals surface area (Å²) in [5, 5.41) is 8.81. The van der Waals surface area contributed by atoms with Gasteiger partial charge in [-0.2, -0.15) is 4.90 Å². The summed E-state index contributed by atoms with van der Waals surface area (Å²) in [6.07, 6.45) is -2.87. The Balaban J connectivity index is 2.88. The van der Waals surface area contributed by atoms with E-state index >= 15 is 0 Å². The third-order valence-electron chi connectivity index (χ3n) is 1.92. The molecule has 1 N–H and O–H groups in total. The Hall–Kier alpha value is -1.79. The SMILES string of the molecule is CCOC(=O)N1C(=O)O[C@@H](C)[C@H]1C(=O)O. The number of hydrogen-bond acceptors (Lipinski definition) is 5. The molecule has 0 saturated carbocycles. The third kappa shape index (κ3) is 2.00. The average molecular weight is 217 g/mol. The number of hydrogen-bond donors (Lipinski definition) is 1. The lowest BCUT2D eigenvalue weighted by Gasteiger charge is -2.16. The van der Waals surface area contributed by atoms with Crippen LogP contribution in [0.3, 0.4) is 0 Å². The number of carbonyl (C=O) groups excluding carboxylic acids is 2. The molecule has 1 aliphatic heterocycles. The van der Waals surface area contributed by atoms with Gasteiger partial charge in [0, 0.05) is 0 Å². The Labute approximate surface area is 85.6 Å². The fraction of sp³-hybridized carbons (Fsp3) is 0.625. The van der Waals surface area contributed by atoms with Crippen LogP contribution in [0.2, 0.25) is 0 Å². The summed E-state index contributed by atoms with van der Waals surface area (Å²) in [6.45, 7) is 3.01. The highest BCUT2D eigenvalue weighted by molar-refractivity contribution is 5.95. The van der Waals surface area contributed by atoms with E-state index in [1.54, 1.807) is 6.92 Å². The first kappa shape index (κ1) is 11.3. The monoisotopic (exact) mass is 217 g/mol. The lowest BCUT2D eigenvalue weighted by molar-refractivity contribution is -0.142. The molecule has 0 aromatic rings. The number of imide groups is 1. The fourth-order valence-corrected chi connectivity index (χ4v) is 1.30. The first-order chi connectivity index (χ1) is 6.99. The Morgan fingerprint density at radius 2 is 2.20 bits per heavy atom. The zero-order valence-corrected chi connectivity index (χ0v) is 8.30. The van der Waals surface area contributed by atoms with E-state index in [2.05, 4.69) is 9.47 Å². The van der Waals surface area contributed by atoms with Crippen molar-refractivity contribution in [2.75, 3.05) is 6.61 Å². The molecule has 0 spiro atoms. The summed E-state index contributed by atoms with van der Waals surface area (Å²) in [7, 11) is 0. The zero-order valence-electron chi connectivity index (χ0n) is 8.30. The minimum atomic E-state index is -1.32. The highest BCUT2D eigenvalue weighted by Crippen LogP contribution is 2.20. The Morgan fingerprint density at radius 1 is 1.60 bits per heavy atom. The second-order valence-corrected chi connectivity index (χ2v) is 2.94. The first-order valence-electron chi connectivity index (χ1n) is 4.38. The van der Waals surface area contributed by atoms with Crippen molar-refractivity contribution >= 4 is 18.2 Å². The predicted octanol–water partition coefficient (Wildman–Crippen LogP) is 0.437. The molecule has 1 rings (SSSR count). The van der Waals surface area contributed by atoms with Gasteiger partial charge in [-0.15, -0.1) is 0 Å². The number of carbonyl (C=O) groups is 3. The van der Waals surface area contributed by atoms with Gasteiger partial charge < -0.3 is 14.6 Å². The van der Waals surface area contributed by atoms with Gasteiger partial charge in [-0.25, -0.2) is 14.4 Å². The van der Waals surface area contributed by atoms with Gasteiger partial charge in [-0.3, -0.25) is 0 Å². The topological polar surface area (TPSA) is 93.1 Å². The molecule has 0 unspecified atom stereocenters. The summed E-state index contributed by atoms with van der Waals surface area (Å²) >= 11 is 0. The molecule has 84 valence electrons. The molecule has 1 fully saturated rings. The van der Waals surface area contributed by atoms with Crippen LogP contribution >= 0.6 is 0 Å². The van der Waals surface area contributed by atoms with E-state index in [4.69, 9.17) is 5.11 Å². The van der Waals surface area contributed by atoms with Crippen molar-refractivity contribution in [2.24, 2.45) is 0 Å². The van der Waals surface area contributed by atoms with Gasteiger partial charge >= 0.3 is 18.2 Å². The maximum atomic E-state index is 11.3. The van der Waals surface area contributed by atoms with Crippen LogP contribution in [0.15, 0.2) is 0 Å². The van der Waals surface area contributed by atoms with Gasteiger partial charge in [0.05, 0.1) is 6.61 Å². The lowest BCUT2D eigenvalue weighted by atomic mass is 10.2. The second kappa shape index (κ2) is 4.16. The molecule has 1 heterocycles. The number of amides is 2. The molecule has 0 radical (unpaired) electrons. The molecule has 1 aliphatic rings. The lowest BCUT2D eigenvalue weighted by Crippen LogP contribution is -2.45. The summed E-state index contributed by atoms with van der Waals surface area (Å²) in [6, 6.07) is -1.32. The molecule has 0 bridgehead atoms. The maximum absolute atomic E-state index is 11.3. The fourth-order valence-electron chi connectivity index (χ4n) is 1.30. The van der Waals surface area contributed by atoms with E-state index in [0.717, 1.165) is 0 Å². The maximum Gasteiger partial charge on any atom is 0.420 e. The van der Waals surface area contributed by atoms with Crippen molar-refractivity contribution < 1.29 is 29.0 Å². The summed E-state index contributed by atoms with van der Waals surface area (Å²) in [5.74, 6) is -1.30. The quantitative estimate of drug-likeness (QED) is 0.721. The third-order valence-corrected chi connectivity index (χ3v) is 1.92. The van der Waals surface area contributed by atoms with Crippen molar-refractivity contribution in [1.29, 1.82) is 0 Å². The van der Waals surface area contributed by atoms with Gasteiger partial charge in [0.1, 0.15) is 6.10 Å². The first-order valence-corrected chi connectivity index (χ1v) is 4.38. The molecule has 7 nitrogen and oxygen atoms in total. The Morgan fingerprint density at radius 3 is 2.67 bits per heavy atom. The second-order valence-electron chi connectivity index (χ2n) is 2.94. The van der Waals surface area contributed by atoms with E-state index in [9.17, 15) is 14.4 Å². The minimum Gasteiger partial charge on any atom is -0.480 e. The summed E-state index contributed by atoms with van der Waals surface area (Å²) in [5.41, 5.74) is 0. The number of ether oxygens (including phenoxy) is 2. The van der Waals surface area contributed by atoms with Crippen LogP contribution in [-0.4, -0.2) is 46.9 Å². The van der Waals surface area contributed by atoms with Gasteiger partial charge in [-0.05, 0) is 13.8 Å². The van der Waals surface area contributed by atoms with Crippen LogP contribution in [0, 0.1) is 0 Å². The van der Waals surface area contributed by atoms with Crippen molar-refractivity contribution in [3.63, 3.8) is 0 Å². The van der Waals surface area contributed by atoms with Crippen molar-refractivity contribution in [2.45, 2.75) is 26.0 Å². The normalized spacial score (nSPS) is 24.9. The van der Waals surface area contributed by atoms with Crippen molar-refractivity contribution in [3.8, 4) is 0 Å². The summed E-state index contributed by atoms with van der Waals surface area (Å²) in [4.78, 5) is 33.7. The molecule has 2 atom stereocenters. The van der Waals surface area contributed by atoms with Crippen molar-refractivity contribution in [1.82, 2.24) is 4.90 Å². The van der Waals surface area contributed by atoms with Crippen LogP contribution in [0.5, 0.6) is 0 Å². The molecule has 0 aliphatic carbocycles. The highest BCUT2D eigenvalue weighted by Gasteiger charge is 2.48. The van der Waals surface area contributed by atoms with E-state index in [-0.39, 0.29) is 6.61 Å². The van der Waals surface area contributed by atoms with Crippen LogP contribution < -0.4 is 0 Å². The highest BCUT2D eigenvalue weighted by atomic mass is 16.6. The Bertz CT molecular complexity index is 302. The van der Waals surface area contributed by atoms with E-state index < -0.39 is 30.3 Å². The van der Waals surface area contributed by atoms with E-state index in [1.807, 2.05) is 0 Å². The average Bonchev–Trinajstić information content (AvgIpc) is 2.41. The number of carboxylic acid groups (broad SMARTS) is 1. The van der Waals surface area contributed by atoms with Gasteiger partial charge in [0.15, 0.2) is 6.04 Å². The number of nitrogens with zero attached hydrogens (tertiary/aromatic N) is 1.